The van der Waals surface area contributed by atoms with Crippen molar-refractivity contribution in [3.05, 3.63) is 58.7 Å². The first-order valence-corrected chi connectivity index (χ1v) is 6.59. The van der Waals surface area contributed by atoms with E-state index in [9.17, 15) is 14.9 Å². The van der Waals surface area contributed by atoms with Gasteiger partial charge in [0.15, 0.2) is 0 Å². The highest BCUT2D eigenvalue weighted by molar-refractivity contribution is 5.90. The number of rotatable bonds is 6. The largest absolute Gasteiger partial charge is 0.458 e. The predicted molar refractivity (Wildman–Crippen MR) is 77.7 cm³/mol. The molecule has 0 aliphatic heterocycles. The maximum Gasteiger partial charge on any atom is 0.338 e. The highest BCUT2D eigenvalue weighted by Gasteiger charge is 2.19. The molecule has 22 heavy (non-hydrogen) atoms. The zero-order valence-corrected chi connectivity index (χ0v) is 11.9. The lowest BCUT2D eigenvalue weighted by atomic mass is 10.1. The normalized spacial score (nSPS) is 10.8. The molecule has 2 aromatic rings. The molecule has 0 bridgehead atoms. The molecule has 2 rings (SSSR count). The molecule has 0 atom stereocenters. The molecule has 1 aromatic heterocycles. The number of hydrogen-bond donors (Lipinski definition) is 0. The number of esters is 1. The topological polar surface area (TPSA) is 100 Å². The van der Waals surface area contributed by atoms with Crippen LogP contribution >= 0.6 is 0 Å². The van der Waals surface area contributed by atoms with Crippen molar-refractivity contribution in [2.24, 2.45) is 0 Å². The van der Waals surface area contributed by atoms with Crippen LogP contribution in [-0.2, 0) is 4.74 Å². The van der Waals surface area contributed by atoms with Gasteiger partial charge in [0.25, 0.3) is 5.69 Å². The van der Waals surface area contributed by atoms with Crippen molar-refractivity contribution in [1.82, 2.24) is 14.8 Å². The number of carbonyl (C=O) groups excluding carboxylic acids is 1. The first-order valence-electron chi connectivity index (χ1n) is 6.59. The van der Waals surface area contributed by atoms with Crippen molar-refractivity contribution in [1.29, 1.82) is 0 Å². The van der Waals surface area contributed by atoms with Gasteiger partial charge in [-0.05, 0) is 18.6 Å². The molecular weight excluding hydrogens is 288 g/mol. The number of ether oxygens (including phenoxy) is 1. The van der Waals surface area contributed by atoms with Crippen LogP contribution in [0.1, 0.15) is 23.7 Å². The van der Waals surface area contributed by atoms with Gasteiger partial charge in [-0.1, -0.05) is 19.1 Å². The first kappa shape index (κ1) is 15.4. The Morgan fingerprint density at radius 1 is 1.45 bits per heavy atom. The minimum absolute atomic E-state index is 0.112. The SMILES string of the molecule is CCC=CCOC(=O)c1ccc(-n2cncn2)c([N+](=O)[O-])c1. The van der Waals surface area contributed by atoms with E-state index in [1.807, 2.05) is 13.0 Å². The van der Waals surface area contributed by atoms with Crippen LogP contribution in [0.4, 0.5) is 5.69 Å². The van der Waals surface area contributed by atoms with Gasteiger partial charge in [-0.25, -0.2) is 14.5 Å². The Morgan fingerprint density at radius 3 is 2.91 bits per heavy atom. The Kier molecular flexibility index (Phi) is 4.97. The molecule has 0 spiro atoms. The fourth-order valence-corrected chi connectivity index (χ4v) is 1.76. The third-order valence-corrected chi connectivity index (χ3v) is 2.79. The van der Waals surface area contributed by atoms with E-state index in [0.29, 0.717) is 0 Å². The van der Waals surface area contributed by atoms with Crippen LogP contribution in [-0.4, -0.2) is 32.3 Å². The van der Waals surface area contributed by atoms with Crippen molar-refractivity contribution in [3.63, 3.8) is 0 Å². The van der Waals surface area contributed by atoms with E-state index in [4.69, 9.17) is 4.74 Å². The summed E-state index contributed by atoms with van der Waals surface area (Å²) in [4.78, 5) is 26.2. The van der Waals surface area contributed by atoms with Gasteiger partial charge in [0.05, 0.1) is 10.5 Å². The molecule has 0 aliphatic rings. The zero-order valence-electron chi connectivity index (χ0n) is 11.9. The average Bonchev–Trinajstić information content (AvgIpc) is 3.05. The molecule has 0 radical (unpaired) electrons. The Bertz CT molecular complexity index is 695. The van der Waals surface area contributed by atoms with Gasteiger partial charge >= 0.3 is 5.97 Å². The second-order valence-electron chi connectivity index (χ2n) is 4.28. The van der Waals surface area contributed by atoms with E-state index in [1.165, 1.54) is 35.5 Å². The Hall–Kier alpha value is -3.03. The monoisotopic (exact) mass is 302 g/mol. The molecule has 0 unspecified atom stereocenters. The molecular formula is C14H14N4O4. The molecule has 0 saturated carbocycles. The van der Waals surface area contributed by atoms with Crippen LogP contribution in [0.2, 0.25) is 0 Å². The van der Waals surface area contributed by atoms with Crippen molar-refractivity contribution >= 4 is 11.7 Å². The molecule has 0 fully saturated rings. The number of benzene rings is 1. The van der Waals surface area contributed by atoms with Crippen LogP contribution in [0.3, 0.4) is 0 Å². The Balaban J connectivity index is 2.24. The van der Waals surface area contributed by atoms with Gasteiger partial charge in [-0.3, -0.25) is 10.1 Å². The van der Waals surface area contributed by atoms with E-state index in [1.54, 1.807) is 6.08 Å². The van der Waals surface area contributed by atoms with E-state index in [-0.39, 0.29) is 23.5 Å². The van der Waals surface area contributed by atoms with Gasteiger partial charge in [0.2, 0.25) is 0 Å². The quantitative estimate of drug-likeness (QED) is 0.351. The second-order valence-corrected chi connectivity index (χ2v) is 4.28. The van der Waals surface area contributed by atoms with Gasteiger partial charge in [0, 0.05) is 6.07 Å². The fraction of sp³-hybridized carbons (Fsp3) is 0.214. The van der Waals surface area contributed by atoms with Crippen molar-refractivity contribution in [3.8, 4) is 5.69 Å². The van der Waals surface area contributed by atoms with Crippen LogP contribution < -0.4 is 0 Å². The lowest BCUT2D eigenvalue weighted by Crippen LogP contribution is -2.08. The summed E-state index contributed by atoms with van der Waals surface area (Å²) in [6, 6.07) is 4.06. The molecule has 0 N–H and O–H groups in total. The van der Waals surface area contributed by atoms with E-state index in [2.05, 4.69) is 10.1 Å². The lowest BCUT2D eigenvalue weighted by molar-refractivity contribution is -0.384. The van der Waals surface area contributed by atoms with Crippen LogP contribution in [0.5, 0.6) is 0 Å². The number of aromatic nitrogens is 3. The number of carbonyl (C=O) groups is 1. The van der Waals surface area contributed by atoms with Gasteiger partial charge in [-0.2, -0.15) is 5.10 Å². The molecule has 1 heterocycles. The van der Waals surface area contributed by atoms with Crippen LogP contribution in [0.15, 0.2) is 43.0 Å². The number of allylic oxidation sites excluding steroid dienone is 1. The standard InChI is InChI=1S/C14H14N4O4/c1-2-3-4-7-22-14(19)11-5-6-12(13(8-11)18(20)21)17-10-15-9-16-17/h3-6,8-10H,2,7H2,1H3. The molecule has 0 aliphatic carbocycles. The average molecular weight is 302 g/mol. The highest BCUT2D eigenvalue weighted by Crippen LogP contribution is 2.23. The molecule has 0 saturated heterocycles. The number of nitro benzene ring substituents is 1. The van der Waals surface area contributed by atoms with Crippen molar-refractivity contribution < 1.29 is 14.5 Å². The predicted octanol–water partition coefficient (Wildman–Crippen LogP) is 2.30. The third-order valence-electron chi connectivity index (χ3n) is 2.79. The van der Waals surface area contributed by atoms with E-state index in [0.717, 1.165) is 6.42 Å². The maximum atomic E-state index is 11.9. The summed E-state index contributed by atoms with van der Waals surface area (Å²) in [6.45, 7) is 2.09. The Morgan fingerprint density at radius 2 is 2.27 bits per heavy atom. The van der Waals surface area contributed by atoms with Gasteiger partial charge in [0.1, 0.15) is 24.9 Å². The fourth-order valence-electron chi connectivity index (χ4n) is 1.76. The van der Waals surface area contributed by atoms with Gasteiger partial charge < -0.3 is 4.74 Å². The summed E-state index contributed by atoms with van der Waals surface area (Å²) in [7, 11) is 0. The minimum Gasteiger partial charge on any atom is -0.458 e. The zero-order chi connectivity index (χ0) is 15.9. The van der Waals surface area contributed by atoms with E-state index < -0.39 is 10.9 Å². The lowest BCUT2D eigenvalue weighted by Gasteiger charge is -2.05. The Labute approximate surface area is 126 Å². The summed E-state index contributed by atoms with van der Waals surface area (Å²) >= 11 is 0. The molecule has 1 aromatic carbocycles. The maximum absolute atomic E-state index is 11.9. The second kappa shape index (κ2) is 7.11. The summed E-state index contributed by atoms with van der Waals surface area (Å²) < 4.78 is 6.27. The molecule has 114 valence electrons. The van der Waals surface area contributed by atoms with Crippen LogP contribution in [0.25, 0.3) is 5.69 Å². The number of nitro groups is 1. The highest BCUT2D eigenvalue weighted by atomic mass is 16.6. The smallest absolute Gasteiger partial charge is 0.338 e. The van der Waals surface area contributed by atoms with Crippen molar-refractivity contribution in [2.75, 3.05) is 6.61 Å². The third kappa shape index (κ3) is 3.54. The van der Waals surface area contributed by atoms with E-state index >= 15 is 0 Å². The summed E-state index contributed by atoms with van der Waals surface area (Å²) in [5, 5.41) is 15.0. The summed E-state index contributed by atoms with van der Waals surface area (Å²) in [5.41, 5.74) is 0.0921. The summed E-state index contributed by atoms with van der Waals surface area (Å²) in [6.07, 6.45) is 7.04. The minimum atomic E-state index is -0.617. The summed E-state index contributed by atoms with van der Waals surface area (Å²) in [5.74, 6) is -0.617. The molecule has 8 nitrogen and oxygen atoms in total. The molecule has 0 amide bonds. The molecule has 8 heteroatoms. The number of hydrogen-bond acceptors (Lipinski definition) is 6. The first-order chi connectivity index (χ1) is 10.6. The number of nitrogens with zero attached hydrogens (tertiary/aromatic N) is 4. The van der Waals surface area contributed by atoms with Gasteiger partial charge in [-0.15, -0.1) is 0 Å². The van der Waals surface area contributed by atoms with Crippen LogP contribution in [0, 0.1) is 10.1 Å². The van der Waals surface area contributed by atoms with Crippen molar-refractivity contribution in [2.45, 2.75) is 13.3 Å².